The first-order chi connectivity index (χ1) is 9.60. The third kappa shape index (κ3) is 3.97. The monoisotopic (exact) mass is 276 g/mol. The van der Waals surface area contributed by atoms with Gasteiger partial charge in [-0.25, -0.2) is 0 Å². The molecule has 1 aromatic rings. The standard InChI is InChI=1S/C17H28N2O/c1-4-17(14-5-7-16(20)8-6-14)18-15-9-11-19(12-10-15)13(2)3/h5-8,13,15,17-18,20H,4,9-12H2,1-3H3. The van der Waals surface area contributed by atoms with Crippen molar-refractivity contribution in [3.8, 4) is 5.75 Å². The van der Waals surface area contributed by atoms with Gasteiger partial charge < -0.3 is 15.3 Å². The summed E-state index contributed by atoms with van der Waals surface area (Å²) >= 11 is 0. The van der Waals surface area contributed by atoms with Crippen LogP contribution in [0.1, 0.15) is 51.6 Å². The zero-order valence-electron chi connectivity index (χ0n) is 13.0. The largest absolute Gasteiger partial charge is 0.508 e. The Balaban J connectivity index is 1.89. The van der Waals surface area contributed by atoms with Gasteiger partial charge in [-0.1, -0.05) is 19.1 Å². The van der Waals surface area contributed by atoms with Crippen molar-refractivity contribution in [2.75, 3.05) is 13.1 Å². The minimum absolute atomic E-state index is 0.342. The van der Waals surface area contributed by atoms with Crippen molar-refractivity contribution in [2.24, 2.45) is 0 Å². The number of piperidine rings is 1. The maximum atomic E-state index is 9.39. The van der Waals surface area contributed by atoms with Crippen molar-refractivity contribution in [1.82, 2.24) is 10.2 Å². The summed E-state index contributed by atoms with van der Waals surface area (Å²) < 4.78 is 0. The van der Waals surface area contributed by atoms with Gasteiger partial charge in [0, 0.05) is 18.1 Å². The molecule has 1 heterocycles. The van der Waals surface area contributed by atoms with Crippen LogP contribution in [0.3, 0.4) is 0 Å². The Bertz CT molecular complexity index is 394. The van der Waals surface area contributed by atoms with Gasteiger partial charge >= 0.3 is 0 Å². The minimum Gasteiger partial charge on any atom is -0.508 e. The van der Waals surface area contributed by atoms with Crippen LogP contribution < -0.4 is 5.32 Å². The van der Waals surface area contributed by atoms with E-state index in [1.54, 1.807) is 12.1 Å². The first-order valence-corrected chi connectivity index (χ1v) is 7.89. The van der Waals surface area contributed by atoms with Gasteiger partial charge in [-0.2, -0.15) is 0 Å². The van der Waals surface area contributed by atoms with E-state index in [0.717, 1.165) is 6.42 Å². The highest BCUT2D eigenvalue weighted by atomic mass is 16.3. The second kappa shape index (κ2) is 7.09. The van der Waals surface area contributed by atoms with Gasteiger partial charge in [0.25, 0.3) is 0 Å². The molecular weight excluding hydrogens is 248 g/mol. The average Bonchev–Trinajstić information content (AvgIpc) is 2.46. The lowest BCUT2D eigenvalue weighted by atomic mass is 9.98. The van der Waals surface area contributed by atoms with Crippen molar-refractivity contribution in [3.05, 3.63) is 29.8 Å². The first-order valence-electron chi connectivity index (χ1n) is 7.89. The fourth-order valence-electron chi connectivity index (χ4n) is 3.02. The predicted molar refractivity (Wildman–Crippen MR) is 84.0 cm³/mol. The van der Waals surface area contributed by atoms with Crippen LogP contribution >= 0.6 is 0 Å². The molecule has 20 heavy (non-hydrogen) atoms. The third-order valence-electron chi connectivity index (χ3n) is 4.40. The molecule has 3 nitrogen and oxygen atoms in total. The van der Waals surface area contributed by atoms with Gasteiger partial charge in [0.15, 0.2) is 0 Å². The molecule has 1 fully saturated rings. The molecule has 1 saturated heterocycles. The molecule has 1 unspecified atom stereocenters. The van der Waals surface area contributed by atoms with E-state index in [4.69, 9.17) is 0 Å². The van der Waals surface area contributed by atoms with Crippen molar-refractivity contribution < 1.29 is 5.11 Å². The Labute approximate surface area is 123 Å². The SMILES string of the molecule is CCC(NC1CCN(C(C)C)CC1)c1ccc(O)cc1. The topological polar surface area (TPSA) is 35.5 Å². The van der Waals surface area contributed by atoms with Crippen LogP contribution in [-0.2, 0) is 0 Å². The number of hydrogen-bond donors (Lipinski definition) is 2. The minimum atomic E-state index is 0.342. The van der Waals surface area contributed by atoms with Gasteiger partial charge in [-0.3, -0.25) is 0 Å². The molecule has 0 bridgehead atoms. The van der Waals surface area contributed by atoms with E-state index >= 15 is 0 Å². The van der Waals surface area contributed by atoms with Crippen LogP contribution in [0.15, 0.2) is 24.3 Å². The summed E-state index contributed by atoms with van der Waals surface area (Å²) in [5.41, 5.74) is 1.27. The molecule has 1 atom stereocenters. The zero-order valence-corrected chi connectivity index (χ0v) is 13.0. The Kier molecular flexibility index (Phi) is 5.44. The second-order valence-electron chi connectivity index (χ2n) is 6.12. The highest BCUT2D eigenvalue weighted by Gasteiger charge is 2.22. The van der Waals surface area contributed by atoms with Crippen LogP contribution in [0, 0.1) is 0 Å². The van der Waals surface area contributed by atoms with Gasteiger partial charge in [0.05, 0.1) is 0 Å². The molecule has 1 aliphatic heterocycles. The molecule has 0 amide bonds. The third-order valence-corrected chi connectivity index (χ3v) is 4.40. The van der Waals surface area contributed by atoms with Crippen LogP contribution in [0.25, 0.3) is 0 Å². The molecule has 1 aromatic carbocycles. The number of hydrogen-bond acceptors (Lipinski definition) is 3. The van der Waals surface area contributed by atoms with Crippen molar-refractivity contribution >= 4 is 0 Å². The number of phenols is 1. The maximum absolute atomic E-state index is 9.39. The highest BCUT2D eigenvalue weighted by molar-refractivity contribution is 5.28. The summed E-state index contributed by atoms with van der Waals surface area (Å²) in [6.45, 7) is 9.16. The number of nitrogens with zero attached hydrogens (tertiary/aromatic N) is 1. The Morgan fingerprint density at radius 1 is 1.20 bits per heavy atom. The molecule has 0 aromatic heterocycles. The van der Waals surface area contributed by atoms with E-state index < -0.39 is 0 Å². The van der Waals surface area contributed by atoms with Gasteiger partial charge in [0.2, 0.25) is 0 Å². The summed E-state index contributed by atoms with van der Waals surface area (Å²) in [7, 11) is 0. The van der Waals surface area contributed by atoms with Gasteiger partial charge in [0.1, 0.15) is 5.75 Å². The van der Waals surface area contributed by atoms with E-state index in [9.17, 15) is 5.11 Å². The number of likely N-dealkylation sites (tertiary alicyclic amines) is 1. The number of benzene rings is 1. The van der Waals surface area contributed by atoms with E-state index in [2.05, 4.69) is 31.0 Å². The number of phenolic OH excluding ortho intramolecular Hbond substituents is 1. The average molecular weight is 276 g/mol. The number of rotatable bonds is 5. The van der Waals surface area contributed by atoms with E-state index in [0.29, 0.717) is 23.9 Å². The van der Waals surface area contributed by atoms with Crippen molar-refractivity contribution in [3.63, 3.8) is 0 Å². The summed E-state index contributed by atoms with van der Waals surface area (Å²) in [5, 5.41) is 13.2. The molecule has 1 aliphatic rings. The zero-order chi connectivity index (χ0) is 14.5. The van der Waals surface area contributed by atoms with E-state index in [1.807, 2.05) is 12.1 Å². The molecule has 2 N–H and O–H groups in total. The van der Waals surface area contributed by atoms with Gasteiger partial charge in [-0.05, 0) is 63.9 Å². The molecule has 112 valence electrons. The van der Waals surface area contributed by atoms with Crippen LogP contribution in [0.4, 0.5) is 0 Å². The quantitative estimate of drug-likeness (QED) is 0.866. The summed E-state index contributed by atoms with van der Waals surface area (Å²) in [6, 6.07) is 9.28. The Morgan fingerprint density at radius 2 is 1.80 bits per heavy atom. The highest BCUT2D eigenvalue weighted by Crippen LogP contribution is 2.22. The van der Waals surface area contributed by atoms with Crippen molar-refractivity contribution in [2.45, 2.75) is 58.2 Å². The molecule has 0 radical (unpaired) electrons. The molecular formula is C17H28N2O. The number of aromatic hydroxyl groups is 1. The van der Waals surface area contributed by atoms with Crippen LogP contribution in [0.2, 0.25) is 0 Å². The molecule has 2 rings (SSSR count). The summed E-state index contributed by atoms with van der Waals surface area (Å²) in [6.07, 6.45) is 3.54. The van der Waals surface area contributed by atoms with Crippen LogP contribution in [-0.4, -0.2) is 35.2 Å². The molecule has 3 heteroatoms. The van der Waals surface area contributed by atoms with Crippen LogP contribution in [0.5, 0.6) is 5.75 Å². The smallest absolute Gasteiger partial charge is 0.115 e. The lowest BCUT2D eigenvalue weighted by Gasteiger charge is -2.36. The lowest BCUT2D eigenvalue weighted by Crippen LogP contribution is -2.45. The normalized spacial score (nSPS) is 19.4. The molecule has 0 saturated carbocycles. The Hall–Kier alpha value is -1.06. The molecule has 0 spiro atoms. The van der Waals surface area contributed by atoms with E-state index in [1.165, 1.54) is 31.5 Å². The van der Waals surface area contributed by atoms with Crippen molar-refractivity contribution in [1.29, 1.82) is 0 Å². The second-order valence-corrected chi connectivity index (χ2v) is 6.12. The fraction of sp³-hybridized carbons (Fsp3) is 0.647. The predicted octanol–water partition coefficient (Wildman–Crippen LogP) is 3.31. The Morgan fingerprint density at radius 3 is 2.30 bits per heavy atom. The van der Waals surface area contributed by atoms with Gasteiger partial charge in [-0.15, -0.1) is 0 Å². The lowest BCUT2D eigenvalue weighted by molar-refractivity contribution is 0.156. The molecule has 0 aliphatic carbocycles. The fourth-order valence-corrected chi connectivity index (χ4v) is 3.02. The maximum Gasteiger partial charge on any atom is 0.115 e. The summed E-state index contributed by atoms with van der Waals surface area (Å²) in [4.78, 5) is 2.56. The summed E-state index contributed by atoms with van der Waals surface area (Å²) in [5.74, 6) is 0.342. The number of nitrogens with one attached hydrogen (secondary N) is 1. The van der Waals surface area contributed by atoms with E-state index in [-0.39, 0.29) is 0 Å². The first kappa shape index (κ1) is 15.3.